The first-order valence-electron chi connectivity index (χ1n) is 4.26. The predicted octanol–water partition coefficient (Wildman–Crippen LogP) is 1.96. The molecule has 0 aromatic heterocycles. The molecule has 0 heterocycles. The molecule has 0 aromatic carbocycles. The van der Waals surface area contributed by atoms with Gasteiger partial charge in [0.05, 0.1) is 19.8 Å². The molecule has 0 aliphatic carbocycles. The van der Waals surface area contributed by atoms with Crippen LogP contribution >= 0.6 is 11.8 Å². The molecule has 12 heavy (non-hydrogen) atoms. The second-order valence-electron chi connectivity index (χ2n) is 2.17. The molecular weight excluding hydrogens is 172 g/mol. The van der Waals surface area contributed by atoms with Crippen LogP contribution in [0.4, 0.5) is 0 Å². The Kier molecular flexibility index (Phi) is 11.0. The van der Waals surface area contributed by atoms with Crippen molar-refractivity contribution in [3.05, 3.63) is 12.7 Å². The number of hydrogen-bond donors (Lipinski definition) is 0. The number of thioether (sulfide) groups is 1. The van der Waals surface area contributed by atoms with E-state index in [1.807, 2.05) is 24.8 Å². The van der Waals surface area contributed by atoms with Crippen molar-refractivity contribution in [2.24, 2.45) is 0 Å². The lowest BCUT2D eigenvalue weighted by Gasteiger charge is -2.02. The average molecular weight is 190 g/mol. The van der Waals surface area contributed by atoms with Gasteiger partial charge in [0.15, 0.2) is 0 Å². The summed E-state index contributed by atoms with van der Waals surface area (Å²) < 4.78 is 10.4. The average Bonchev–Trinajstić information content (AvgIpc) is 2.10. The highest BCUT2D eigenvalue weighted by Crippen LogP contribution is 1.98. The van der Waals surface area contributed by atoms with Crippen molar-refractivity contribution in [1.29, 1.82) is 0 Å². The highest BCUT2D eigenvalue weighted by molar-refractivity contribution is 7.99. The van der Waals surface area contributed by atoms with Crippen LogP contribution in [0, 0.1) is 0 Å². The third-order valence-electron chi connectivity index (χ3n) is 1.18. The molecule has 0 spiro atoms. The Morgan fingerprint density at radius 2 is 2.00 bits per heavy atom. The Morgan fingerprint density at radius 3 is 2.67 bits per heavy atom. The fraction of sp³-hybridized carbons (Fsp3) is 0.778. The molecule has 72 valence electrons. The molecule has 0 fully saturated rings. The predicted molar refractivity (Wildman–Crippen MR) is 54.8 cm³/mol. The molecule has 2 nitrogen and oxygen atoms in total. The maximum atomic E-state index is 5.30. The first-order valence-corrected chi connectivity index (χ1v) is 5.41. The Hall–Kier alpha value is 0.01000. The van der Waals surface area contributed by atoms with Crippen molar-refractivity contribution in [2.45, 2.75) is 6.92 Å². The van der Waals surface area contributed by atoms with Crippen LogP contribution in [0.25, 0.3) is 0 Å². The normalized spacial score (nSPS) is 10.1. The van der Waals surface area contributed by atoms with Crippen LogP contribution in [0.5, 0.6) is 0 Å². The highest BCUT2D eigenvalue weighted by atomic mass is 32.2. The molecule has 0 rings (SSSR count). The smallest absolute Gasteiger partial charge is 0.0700 e. The molecule has 0 aliphatic rings. The Bertz CT molecular complexity index is 96.5. The summed E-state index contributed by atoms with van der Waals surface area (Å²) in [7, 11) is 0. The monoisotopic (exact) mass is 190 g/mol. The topological polar surface area (TPSA) is 18.5 Å². The molecule has 0 saturated carbocycles. The molecule has 0 unspecified atom stereocenters. The first kappa shape index (κ1) is 12.0. The van der Waals surface area contributed by atoms with Gasteiger partial charge in [-0.1, -0.05) is 6.08 Å². The standard InChI is InChI=1S/C9H18O2S/c1-3-8-12-9-7-11-6-5-10-4-2/h3H,1,4-9H2,2H3. The van der Waals surface area contributed by atoms with E-state index in [-0.39, 0.29) is 0 Å². The minimum atomic E-state index is 0.711. The second-order valence-corrected chi connectivity index (χ2v) is 3.32. The third-order valence-corrected chi connectivity index (χ3v) is 2.11. The van der Waals surface area contributed by atoms with Crippen LogP contribution in [0.15, 0.2) is 12.7 Å². The van der Waals surface area contributed by atoms with Crippen LogP contribution in [-0.2, 0) is 9.47 Å². The van der Waals surface area contributed by atoms with E-state index < -0.39 is 0 Å². The summed E-state index contributed by atoms with van der Waals surface area (Å²) in [5, 5.41) is 0. The van der Waals surface area contributed by atoms with Crippen LogP contribution in [0.2, 0.25) is 0 Å². The summed E-state index contributed by atoms with van der Waals surface area (Å²) in [4.78, 5) is 0. The van der Waals surface area contributed by atoms with Crippen LogP contribution in [-0.4, -0.2) is 37.9 Å². The van der Waals surface area contributed by atoms with E-state index in [0.717, 1.165) is 24.7 Å². The minimum Gasteiger partial charge on any atom is -0.379 e. The SMILES string of the molecule is C=CCSCCOCCOCC. The van der Waals surface area contributed by atoms with E-state index >= 15 is 0 Å². The Labute approximate surface area is 79.3 Å². The summed E-state index contributed by atoms with van der Waals surface area (Å²) in [6.45, 7) is 8.63. The maximum absolute atomic E-state index is 5.30. The van der Waals surface area contributed by atoms with Gasteiger partial charge in [-0.25, -0.2) is 0 Å². The Balaban J connectivity index is 2.77. The van der Waals surface area contributed by atoms with Gasteiger partial charge in [0, 0.05) is 18.1 Å². The van der Waals surface area contributed by atoms with E-state index in [2.05, 4.69) is 6.58 Å². The largest absolute Gasteiger partial charge is 0.379 e. The molecule has 0 saturated heterocycles. The molecular formula is C9H18O2S. The highest BCUT2D eigenvalue weighted by Gasteiger charge is 1.88. The molecule has 0 radical (unpaired) electrons. The van der Waals surface area contributed by atoms with Gasteiger partial charge in [-0.15, -0.1) is 6.58 Å². The van der Waals surface area contributed by atoms with Crippen molar-refractivity contribution in [3.8, 4) is 0 Å². The third kappa shape index (κ3) is 10.0. The quantitative estimate of drug-likeness (QED) is 0.409. The van der Waals surface area contributed by atoms with E-state index in [9.17, 15) is 0 Å². The van der Waals surface area contributed by atoms with Gasteiger partial charge < -0.3 is 9.47 Å². The number of ether oxygens (including phenoxy) is 2. The van der Waals surface area contributed by atoms with Gasteiger partial charge >= 0.3 is 0 Å². The summed E-state index contributed by atoms with van der Waals surface area (Å²) in [6.07, 6.45) is 1.91. The van der Waals surface area contributed by atoms with E-state index in [0.29, 0.717) is 13.2 Å². The molecule has 3 heteroatoms. The van der Waals surface area contributed by atoms with Crippen molar-refractivity contribution in [2.75, 3.05) is 37.9 Å². The van der Waals surface area contributed by atoms with Crippen molar-refractivity contribution in [1.82, 2.24) is 0 Å². The summed E-state index contributed by atoms with van der Waals surface area (Å²) >= 11 is 1.83. The fourth-order valence-corrected chi connectivity index (χ4v) is 1.22. The molecule has 0 aliphatic heterocycles. The minimum absolute atomic E-state index is 0.711. The van der Waals surface area contributed by atoms with E-state index in [1.54, 1.807) is 0 Å². The molecule has 0 aromatic rings. The van der Waals surface area contributed by atoms with Gasteiger partial charge in [-0.05, 0) is 6.92 Å². The zero-order valence-corrected chi connectivity index (χ0v) is 8.57. The lowest BCUT2D eigenvalue weighted by atomic mass is 10.7. The maximum Gasteiger partial charge on any atom is 0.0700 e. The van der Waals surface area contributed by atoms with Crippen molar-refractivity contribution >= 4 is 11.8 Å². The van der Waals surface area contributed by atoms with E-state index in [4.69, 9.17) is 9.47 Å². The lowest BCUT2D eigenvalue weighted by molar-refractivity contribution is 0.0594. The van der Waals surface area contributed by atoms with Gasteiger partial charge in [-0.2, -0.15) is 11.8 Å². The van der Waals surface area contributed by atoms with Gasteiger partial charge in [-0.3, -0.25) is 0 Å². The van der Waals surface area contributed by atoms with Crippen molar-refractivity contribution in [3.63, 3.8) is 0 Å². The van der Waals surface area contributed by atoms with E-state index in [1.165, 1.54) is 0 Å². The van der Waals surface area contributed by atoms with Crippen LogP contribution < -0.4 is 0 Å². The molecule has 0 N–H and O–H groups in total. The lowest BCUT2D eigenvalue weighted by Crippen LogP contribution is -2.06. The van der Waals surface area contributed by atoms with Gasteiger partial charge in [0.1, 0.15) is 0 Å². The van der Waals surface area contributed by atoms with Gasteiger partial charge in [0.25, 0.3) is 0 Å². The zero-order valence-electron chi connectivity index (χ0n) is 7.75. The summed E-state index contributed by atoms with van der Waals surface area (Å²) in [6, 6.07) is 0. The zero-order chi connectivity index (χ0) is 9.07. The molecule has 0 amide bonds. The molecule has 0 bridgehead atoms. The summed E-state index contributed by atoms with van der Waals surface area (Å²) in [5.74, 6) is 2.05. The van der Waals surface area contributed by atoms with Crippen LogP contribution in [0.3, 0.4) is 0 Å². The number of rotatable bonds is 9. The van der Waals surface area contributed by atoms with Crippen molar-refractivity contribution < 1.29 is 9.47 Å². The van der Waals surface area contributed by atoms with Gasteiger partial charge in [0.2, 0.25) is 0 Å². The second kappa shape index (κ2) is 11.0. The number of hydrogen-bond acceptors (Lipinski definition) is 3. The summed E-state index contributed by atoms with van der Waals surface area (Å²) in [5.41, 5.74) is 0. The fourth-order valence-electron chi connectivity index (χ4n) is 0.649. The Morgan fingerprint density at radius 1 is 1.25 bits per heavy atom. The van der Waals surface area contributed by atoms with Crippen LogP contribution in [0.1, 0.15) is 6.92 Å². The molecule has 0 atom stereocenters. The first-order chi connectivity index (χ1) is 5.91.